The van der Waals surface area contributed by atoms with Gasteiger partial charge in [0, 0.05) is 6.04 Å². The molecule has 0 aliphatic rings. The summed E-state index contributed by atoms with van der Waals surface area (Å²) < 4.78 is 5.88. The Labute approximate surface area is 120 Å². The van der Waals surface area contributed by atoms with Crippen molar-refractivity contribution in [2.75, 3.05) is 0 Å². The van der Waals surface area contributed by atoms with Crippen LogP contribution in [0.25, 0.3) is 0 Å². The molecule has 3 N–H and O–H groups in total. The highest BCUT2D eigenvalue weighted by molar-refractivity contribution is 5.37. The Bertz CT molecular complexity index is 562. The molecule has 0 bridgehead atoms. The van der Waals surface area contributed by atoms with Crippen molar-refractivity contribution in [3.63, 3.8) is 0 Å². The Kier molecular flexibility index (Phi) is 4.64. The lowest BCUT2D eigenvalue weighted by molar-refractivity contribution is 0.302. The number of nitrogens with two attached hydrogens (primary N) is 1. The number of ether oxygens (including phenoxy) is 1. The van der Waals surface area contributed by atoms with Crippen LogP contribution in [0.5, 0.6) is 11.5 Å². The highest BCUT2D eigenvalue weighted by atomic mass is 16.5. The minimum absolute atomic E-state index is 0.104. The van der Waals surface area contributed by atoms with Gasteiger partial charge in [-0.15, -0.1) is 0 Å². The molecule has 0 spiro atoms. The van der Waals surface area contributed by atoms with Gasteiger partial charge >= 0.3 is 0 Å². The summed E-state index contributed by atoms with van der Waals surface area (Å²) in [6.07, 6.45) is 0.798. The van der Waals surface area contributed by atoms with Crippen LogP contribution in [0.1, 0.15) is 23.6 Å². The molecule has 2 aromatic carbocycles. The summed E-state index contributed by atoms with van der Waals surface area (Å²) in [7, 11) is 0. The largest absolute Gasteiger partial charge is 0.508 e. The van der Waals surface area contributed by atoms with Crippen molar-refractivity contribution in [1.82, 2.24) is 0 Å². The van der Waals surface area contributed by atoms with E-state index in [1.54, 1.807) is 12.1 Å². The fourth-order valence-corrected chi connectivity index (χ4v) is 2.11. The summed E-state index contributed by atoms with van der Waals surface area (Å²) in [6, 6.07) is 13.3. The quantitative estimate of drug-likeness (QED) is 0.878. The fraction of sp³-hybridized carbons (Fsp3) is 0.294. The Morgan fingerprint density at radius 2 is 1.85 bits per heavy atom. The maximum atomic E-state index is 9.26. The van der Waals surface area contributed by atoms with Crippen molar-refractivity contribution in [2.45, 2.75) is 32.9 Å². The number of aryl methyl sites for hydroxylation is 1. The molecular weight excluding hydrogens is 250 g/mol. The summed E-state index contributed by atoms with van der Waals surface area (Å²) in [4.78, 5) is 0. The third-order valence-corrected chi connectivity index (χ3v) is 3.09. The minimum Gasteiger partial charge on any atom is -0.508 e. The van der Waals surface area contributed by atoms with E-state index >= 15 is 0 Å². The average molecular weight is 271 g/mol. The molecule has 2 aromatic rings. The van der Waals surface area contributed by atoms with E-state index < -0.39 is 0 Å². The van der Waals surface area contributed by atoms with Gasteiger partial charge in [-0.2, -0.15) is 0 Å². The lowest BCUT2D eigenvalue weighted by Gasteiger charge is -2.14. The van der Waals surface area contributed by atoms with Crippen LogP contribution in [0.2, 0.25) is 0 Å². The van der Waals surface area contributed by atoms with Gasteiger partial charge in [-0.3, -0.25) is 0 Å². The van der Waals surface area contributed by atoms with Crippen molar-refractivity contribution in [1.29, 1.82) is 0 Å². The molecule has 3 nitrogen and oxygen atoms in total. The van der Waals surface area contributed by atoms with Gasteiger partial charge in [-0.25, -0.2) is 0 Å². The molecule has 0 amide bonds. The lowest BCUT2D eigenvalue weighted by Crippen LogP contribution is -2.18. The monoisotopic (exact) mass is 271 g/mol. The van der Waals surface area contributed by atoms with Crippen LogP contribution in [0, 0.1) is 6.92 Å². The highest BCUT2D eigenvalue weighted by Crippen LogP contribution is 2.23. The maximum Gasteiger partial charge on any atom is 0.123 e. The van der Waals surface area contributed by atoms with E-state index in [2.05, 4.69) is 13.0 Å². The zero-order chi connectivity index (χ0) is 14.5. The van der Waals surface area contributed by atoms with Gasteiger partial charge in [0.25, 0.3) is 0 Å². The molecular formula is C17H21NO2. The smallest absolute Gasteiger partial charge is 0.123 e. The van der Waals surface area contributed by atoms with Crippen molar-refractivity contribution >= 4 is 0 Å². The highest BCUT2D eigenvalue weighted by Gasteiger charge is 2.07. The van der Waals surface area contributed by atoms with Crippen molar-refractivity contribution in [3.8, 4) is 11.5 Å². The van der Waals surface area contributed by atoms with Crippen LogP contribution in [0.3, 0.4) is 0 Å². The van der Waals surface area contributed by atoms with Crippen molar-refractivity contribution in [3.05, 3.63) is 59.2 Å². The topological polar surface area (TPSA) is 55.5 Å². The van der Waals surface area contributed by atoms with E-state index in [9.17, 15) is 5.11 Å². The molecule has 1 unspecified atom stereocenters. The summed E-state index contributed by atoms with van der Waals surface area (Å²) in [5.41, 5.74) is 9.25. The summed E-state index contributed by atoms with van der Waals surface area (Å²) in [5, 5.41) is 9.26. The van der Waals surface area contributed by atoms with Crippen molar-refractivity contribution in [2.24, 2.45) is 5.73 Å². The van der Waals surface area contributed by atoms with Crippen LogP contribution < -0.4 is 10.5 Å². The Balaban J connectivity index is 2.10. The zero-order valence-corrected chi connectivity index (χ0v) is 12.0. The van der Waals surface area contributed by atoms with E-state index in [4.69, 9.17) is 10.5 Å². The molecule has 20 heavy (non-hydrogen) atoms. The summed E-state index contributed by atoms with van der Waals surface area (Å²) >= 11 is 0. The minimum atomic E-state index is 0.104. The van der Waals surface area contributed by atoms with Crippen LogP contribution in [-0.4, -0.2) is 11.1 Å². The molecule has 1 atom stereocenters. The van der Waals surface area contributed by atoms with Crippen LogP contribution in [0.4, 0.5) is 0 Å². The fourth-order valence-electron chi connectivity index (χ4n) is 2.11. The standard InChI is InChI=1S/C17H21NO2/c1-12-3-8-17(15(9-12)10-13(2)18)20-11-14-4-6-16(19)7-5-14/h3-9,13,19H,10-11,18H2,1-2H3. The normalized spacial score (nSPS) is 12.2. The number of hydrogen-bond donors (Lipinski definition) is 2. The molecule has 2 rings (SSSR count). The average Bonchev–Trinajstić information content (AvgIpc) is 2.39. The molecule has 0 aliphatic heterocycles. The number of phenols is 1. The Morgan fingerprint density at radius 3 is 2.50 bits per heavy atom. The van der Waals surface area contributed by atoms with E-state index in [1.807, 2.05) is 31.2 Å². The van der Waals surface area contributed by atoms with Gasteiger partial charge in [0.05, 0.1) is 0 Å². The number of rotatable bonds is 5. The second kappa shape index (κ2) is 6.44. The van der Waals surface area contributed by atoms with Crippen LogP contribution in [0.15, 0.2) is 42.5 Å². The number of aromatic hydroxyl groups is 1. The SMILES string of the molecule is Cc1ccc(OCc2ccc(O)cc2)c(CC(C)N)c1. The first kappa shape index (κ1) is 14.4. The molecule has 0 aliphatic carbocycles. The number of phenolic OH excluding ortho intramolecular Hbond substituents is 1. The molecule has 0 fully saturated rings. The molecule has 0 saturated carbocycles. The van der Waals surface area contributed by atoms with E-state index in [1.165, 1.54) is 5.56 Å². The van der Waals surface area contributed by atoms with E-state index in [0.717, 1.165) is 23.3 Å². The second-order valence-corrected chi connectivity index (χ2v) is 5.25. The van der Waals surface area contributed by atoms with E-state index in [-0.39, 0.29) is 11.8 Å². The number of benzene rings is 2. The summed E-state index contributed by atoms with van der Waals surface area (Å²) in [6.45, 7) is 4.54. The zero-order valence-electron chi connectivity index (χ0n) is 12.0. The Morgan fingerprint density at radius 1 is 1.15 bits per heavy atom. The predicted octanol–water partition coefficient (Wildman–Crippen LogP) is 3.17. The third-order valence-electron chi connectivity index (χ3n) is 3.09. The van der Waals surface area contributed by atoms with E-state index in [0.29, 0.717) is 6.61 Å². The maximum absolute atomic E-state index is 9.26. The van der Waals surface area contributed by atoms with Crippen LogP contribution >= 0.6 is 0 Å². The van der Waals surface area contributed by atoms with Gasteiger partial charge in [0.1, 0.15) is 18.1 Å². The molecule has 106 valence electrons. The molecule has 3 heteroatoms. The molecule has 0 aromatic heterocycles. The third kappa shape index (κ3) is 4.00. The van der Waals surface area contributed by atoms with Crippen molar-refractivity contribution < 1.29 is 9.84 Å². The second-order valence-electron chi connectivity index (χ2n) is 5.25. The van der Waals surface area contributed by atoms with Gasteiger partial charge in [-0.1, -0.05) is 29.8 Å². The number of hydrogen-bond acceptors (Lipinski definition) is 3. The van der Waals surface area contributed by atoms with Crippen LogP contribution in [-0.2, 0) is 13.0 Å². The van der Waals surface area contributed by atoms with Gasteiger partial charge in [0.2, 0.25) is 0 Å². The van der Waals surface area contributed by atoms with Gasteiger partial charge in [0.15, 0.2) is 0 Å². The lowest BCUT2D eigenvalue weighted by atomic mass is 10.0. The molecule has 0 radical (unpaired) electrons. The predicted molar refractivity (Wildman–Crippen MR) is 81.0 cm³/mol. The molecule has 0 heterocycles. The van der Waals surface area contributed by atoms with Gasteiger partial charge in [-0.05, 0) is 49.6 Å². The summed E-state index contributed by atoms with van der Waals surface area (Å²) in [5.74, 6) is 1.14. The first-order chi connectivity index (χ1) is 9.54. The van der Waals surface area contributed by atoms with Gasteiger partial charge < -0.3 is 15.6 Å². The molecule has 0 saturated heterocycles. The first-order valence-electron chi connectivity index (χ1n) is 6.80. The Hall–Kier alpha value is -2.00. The first-order valence-corrected chi connectivity index (χ1v) is 6.80.